The second kappa shape index (κ2) is 14.1. The average molecular weight is 734 g/mol. The van der Waals surface area contributed by atoms with E-state index in [9.17, 15) is 23.2 Å². The van der Waals surface area contributed by atoms with Crippen molar-refractivity contribution in [1.82, 2.24) is 14.8 Å². The molecule has 4 aromatic rings. The second-order valence-electron chi connectivity index (χ2n) is 11.5. The smallest absolute Gasteiger partial charge is 0.362 e. The molecule has 0 aliphatic carbocycles. The molecule has 1 aromatic heterocycles. The number of halogens is 5. The molecular formula is C34H29Cl3F2N4O4S. The summed E-state index contributed by atoms with van der Waals surface area (Å²) in [6.45, 7) is 2.52. The number of ether oxygens (including phenoxy) is 1. The summed E-state index contributed by atoms with van der Waals surface area (Å²) in [5.74, 6) is 0.0782. The van der Waals surface area contributed by atoms with Crippen molar-refractivity contribution in [2.24, 2.45) is 0 Å². The number of hydrogen-bond donors (Lipinski definition) is 1. The fraction of sp³-hybridized carbons (Fsp3) is 0.265. The van der Waals surface area contributed by atoms with Gasteiger partial charge in [0, 0.05) is 48.2 Å². The lowest BCUT2D eigenvalue weighted by Crippen LogP contribution is -2.36. The highest BCUT2D eigenvalue weighted by atomic mass is 35.5. The Morgan fingerprint density at radius 1 is 0.958 bits per heavy atom. The fourth-order valence-electron chi connectivity index (χ4n) is 5.84. The number of aromatic nitrogens is 1. The molecule has 8 nitrogen and oxygen atoms in total. The molecule has 14 heteroatoms. The van der Waals surface area contributed by atoms with Gasteiger partial charge in [0.25, 0.3) is 11.5 Å². The molecule has 1 N–H and O–H groups in total. The molecule has 2 aliphatic heterocycles. The Hall–Kier alpha value is -3.61. The monoisotopic (exact) mass is 732 g/mol. The molecular weight excluding hydrogens is 705 g/mol. The highest BCUT2D eigenvalue weighted by Gasteiger charge is 2.35. The zero-order valence-corrected chi connectivity index (χ0v) is 28.7. The maximum atomic E-state index is 14.1. The van der Waals surface area contributed by atoms with Gasteiger partial charge in [-0.25, -0.2) is 0 Å². The first-order chi connectivity index (χ1) is 22.9. The maximum absolute atomic E-state index is 14.1. The minimum absolute atomic E-state index is 0.0329. The minimum Gasteiger partial charge on any atom is -0.497 e. The van der Waals surface area contributed by atoms with E-state index in [2.05, 4.69) is 9.88 Å². The molecule has 0 unspecified atom stereocenters. The van der Waals surface area contributed by atoms with Crippen molar-refractivity contribution >= 4 is 64.1 Å². The van der Waals surface area contributed by atoms with Gasteiger partial charge < -0.3 is 19.5 Å². The van der Waals surface area contributed by atoms with Crippen LogP contribution in [0.15, 0.2) is 81.3 Å². The molecule has 6 rings (SSSR count). The Morgan fingerprint density at radius 3 is 2.35 bits per heavy atom. The number of fused-ring (bicyclic) bond motifs is 1. The largest absolute Gasteiger partial charge is 0.497 e. The van der Waals surface area contributed by atoms with E-state index in [0.717, 1.165) is 58.9 Å². The van der Waals surface area contributed by atoms with E-state index < -0.39 is 22.5 Å². The van der Waals surface area contributed by atoms with E-state index in [1.807, 2.05) is 42.5 Å². The molecule has 3 aromatic carbocycles. The number of hydrogen-bond acceptors (Lipinski definition) is 6. The number of alkyl halides is 3. The predicted octanol–water partition coefficient (Wildman–Crippen LogP) is 7.52. The zero-order chi connectivity index (χ0) is 34.2. The lowest BCUT2D eigenvalue weighted by molar-refractivity contribution is -0.119. The third-order valence-corrected chi connectivity index (χ3v) is 10.5. The second-order valence-corrected chi connectivity index (χ2v) is 13.8. The lowest BCUT2D eigenvalue weighted by Gasteiger charge is -2.22. The summed E-state index contributed by atoms with van der Waals surface area (Å²) in [5, 5.41) is -3.45. The SMILES string of the molecule is COc1ccc(CN2CCCN(c3ccc4c(c3)CN(C(=O)c3c(Sc5c(Cl)cccc5Cl)cc(C(F)(F)Cl)[nH]c3=O)C4)C(=O)C2)cc1. The van der Waals surface area contributed by atoms with Gasteiger partial charge in [-0.05, 0) is 77.2 Å². The van der Waals surface area contributed by atoms with E-state index in [1.165, 1.54) is 4.90 Å². The zero-order valence-electron chi connectivity index (χ0n) is 25.6. The number of carbonyl (C=O) groups excluding carboxylic acids is 2. The van der Waals surface area contributed by atoms with Crippen molar-refractivity contribution < 1.29 is 23.1 Å². The van der Waals surface area contributed by atoms with Gasteiger partial charge in [0.15, 0.2) is 0 Å². The topological polar surface area (TPSA) is 85.9 Å². The van der Waals surface area contributed by atoms with Crippen LogP contribution in [0.1, 0.15) is 39.2 Å². The van der Waals surface area contributed by atoms with Crippen LogP contribution in [-0.4, -0.2) is 53.3 Å². The van der Waals surface area contributed by atoms with E-state index in [1.54, 1.807) is 30.2 Å². The van der Waals surface area contributed by atoms with Gasteiger partial charge in [-0.3, -0.25) is 19.3 Å². The molecule has 0 bridgehead atoms. The average Bonchev–Trinajstić information content (AvgIpc) is 3.39. The Balaban J connectivity index is 1.21. The molecule has 1 saturated heterocycles. The molecule has 0 spiro atoms. The number of aromatic amines is 1. The standard InChI is InChI=1S/C34H29Cl3F2N4O4S/c1-47-24-10-6-20(7-11-24)16-41-12-3-13-43(29(44)19-41)23-9-8-21-17-42(18-22(21)14-23)33(46)30-27(15-28(34(37,38)39)40-32(30)45)48-31-25(35)4-2-5-26(31)36/h2,4-11,14-15H,3,12-13,16-19H2,1H3,(H,40,45). The number of amides is 2. The number of H-pyrrole nitrogens is 1. The van der Waals surface area contributed by atoms with Crippen LogP contribution in [0.5, 0.6) is 5.75 Å². The van der Waals surface area contributed by atoms with Crippen molar-refractivity contribution in [3.8, 4) is 5.75 Å². The third kappa shape index (κ3) is 7.35. The van der Waals surface area contributed by atoms with Gasteiger partial charge in [0.1, 0.15) is 17.0 Å². The van der Waals surface area contributed by atoms with Crippen LogP contribution in [0.2, 0.25) is 10.0 Å². The van der Waals surface area contributed by atoms with Crippen LogP contribution in [0.25, 0.3) is 0 Å². The Morgan fingerprint density at radius 2 is 1.67 bits per heavy atom. The Kier molecular flexibility index (Phi) is 10.1. The van der Waals surface area contributed by atoms with Crippen molar-refractivity contribution in [1.29, 1.82) is 0 Å². The summed E-state index contributed by atoms with van der Waals surface area (Å²) in [6.07, 6.45) is 0.777. The van der Waals surface area contributed by atoms with Crippen molar-refractivity contribution in [2.75, 3.05) is 31.6 Å². The van der Waals surface area contributed by atoms with Crippen LogP contribution >= 0.6 is 46.6 Å². The van der Waals surface area contributed by atoms with Crippen molar-refractivity contribution in [2.45, 2.75) is 41.2 Å². The van der Waals surface area contributed by atoms with Crippen LogP contribution < -0.4 is 15.2 Å². The normalized spacial score (nSPS) is 15.4. The number of nitrogens with one attached hydrogen (secondary N) is 1. The van der Waals surface area contributed by atoms with Gasteiger partial charge in [0.05, 0.1) is 23.7 Å². The van der Waals surface area contributed by atoms with Crippen LogP contribution in [0.4, 0.5) is 14.5 Å². The fourth-order valence-corrected chi connectivity index (χ4v) is 7.58. The molecule has 0 saturated carbocycles. The highest BCUT2D eigenvalue weighted by Crippen LogP contribution is 2.42. The predicted molar refractivity (Wildman–Crippen MR) is 183 cm³/mol. The first kappa shape index (κ1) is 34.3. The van der Waals surface area contributed by atoms with E-state index >= 15 is 0 Å². The van der Waals surface area contributed by atoms with Crippen molar-refractivity contribution in [3.05, 3.63) is 115 Å². The molecule has 250 valence electrons. The van der Waals surface area contributed by atoms with Gasteiger partial charge >= 0.3 is 5.38 Å². The molecule has 3 heterocycles. The number of pyridine rings is 1. The number of anilines is 1. The number of benzene rings is 3. The summed E-state index contributed by atoms with van der Waals surface area (Å²) >= 11 is 18.7. The summed E-state index contributed by atoms with van der Waals surface area (Å²) in [6, 6.07) is 19.1. The highest BCUT2D eigenvalue weighted by molar-refractivity contribution is 7.99. The third-order valence-electron chi connectivity index (χ3n) is 8.24. The first-order valence-electron chi connectivity index (χ1n) is 14.9. The van der Waals surface area contributed by atoms with Gasteiger partial charge in [0.2, 0.25) is 5.91 Å². The molecule has 2 aliphatic rings. The quantitative estimate of drug-likeness (QED) is 0.189. The van der Waals surface area contributed by atoms with Gasteiger partial charge in [-0.2, -0.15) is 8.78 Å². The van der Waals surface area contributed by atoms with Crippen LogP contribution in [0, 0.1) is 0 Å². The summed E-state index contributed by atoms with van der Waals surface area (Å²) in [5.41, 5.74) is 1.24. The molecule has 0 atom stereocenters. The Bertz CT molecular complexity index is 1920. The maximum Gasteiger partial charge on any atom is 0.362 e. The van der Waals surface area contributed by atoms with E-state index in [0.29, 0.717) is 18.0 Å². The number of methoxy groups -OCH3 is 1. The minimum atomic E-state index is -3.89. The van der Waals surface area contributed by atoms with Gasteiger partial charge in [-0.15, -0.1) is 0 Å². The van der Waals surface area contributed by atoms with E-state index in [-0.39, 0.29) is 46.0 Å². The molecule has 1 fully saturated rings. The summed E-state index contributed by atoms with van der Waals surface area (Å²) in [7, 11) is 1.62. The lowest BCUT2D eigenvalue weighted by atomic mass is 10.1. The van der Waals surface area contributed by atoms with Crippen molar-refractivity contribution in [3.63, 3.8) is 0 Å². The molecule has 48 heavy (non-hydrogen) atoms. The molecule has 0 radical (unpaired) electrons. The number of carbonyl (C=O) groups is 2. The number of nitrogens with zero attached hydrogens (tertiary/aromatic N) is 3. The summed E-state index contributed by atoms with van der Waals surface area (Å²) in [4.78, 5) is 48.2. The summed E-state index contributed by atoms with van der Waals surface area (Å²) < 4.78 is 33.5. The van der Waals surface area contributed by atoms with Crippen LogP contribution in [0.3, 0.4) is 0 Å². The number of rotatable bonds is 8. The van der Waals surface area contributed by atoms with Gasteiger partial charge in [-0.1, -0.05) is 59.2 Å². The Labute approximate surface area is 294 Å². The molecule has 2 amide bonds. The first-order valence-corrected chi connectivity index (χ1v) is 16.9. The van der Waals surface area contributed by atoms with Crippen LogP contribution in [-0.2, 0) is 29.8 Å². The van der Waals surface area contributed by atoms with E-state index in [4.69, 9.17) is 39.5 Å².